The summed E-state index contributed by atoms with van der Waals surface area (Å²) < 4.78 is 34.3. The normalized spacial score (nSPS) is 13.9. The standard InChI is InChI=1S/C34H35ClF2N8O3/c1-21-5-6-23(22(2)15-21)18-42(3)25-9-13-43(14-10-25)30(46)20-44-19-28(40-33(47)27-17-39-45-12-4-11-38-32(27)45)31(41-44)26-16-24(35)7-8-29(26)48-34(36)37/h4-8,11-12,15-17,19,25,34H,9-10,13-14,18,20H2,1-3H3,(H,40,47). The number of likely N-dealkylation sites (tertiary alicyclic amines) is 1. The summed E-state index contributed by atoms with van der Waals surface area (Å²) in [5, 5.41) is 11.7. The van der Waals surface area contributed by atoms with Crippen molar-refractivity contribution in [3.8, 4) is 17.0 Å². The minimum absolute atomic E-state index is 0.102. The van der Waals surface area contributed by atoms with Crippen molar-refractivity contribution in [1.82, 2.24) is 34.2 Å². The molecule has 0 bridgehead atoms. The van der Waals surface area contributed by atoms with E-state index in [1.807, 2.05) is 0 Å². The summed E-state index contributed by atoms with van der Waals surface area (Å²) in [4.78, 5) is 35.3. The number of piperidine rings is 1. The van der Waals surface area contributed by atoms with Gasteiger partial charge in [-0.2, -0.15) is 19.0 Å². The zero-order valence-electron chi connectivity index (χ0n) is 26.7. The van der Waals surface area contributed by atoms with E-state index in [1.54, 1.807) is 17.2 Å². The predicted octanol–water partition coefficient (Wildman–Crippen LogP) is 5.84. The summed E-state index contributed by atoms with van der Waals surface area (Å²) in [5.74, 6) is -0.897. The van der Waals surface area contributed by atoms with Crippen LogP contribution in [0.4, 0.5) is 14.5 Å². The Hall–Kier alpha value is -4.88. The van der Waals surface area contributed by atoms with Crippen LogP contribution in [0.15, 0.2) is 67.3 Å². The molecule has 0 aliphatic carbocycles. The Morgan fingerprint density at radius 2 is 1.94 bits per heavy atom. The van der Waals surface area contributed by atoms with Crippen LogP contribution in [-0.2, 0) is 17.9 Å². The smallest absolute Gasteiger partial charge is 0.387 e. The van der Waals surface area contributed by atoms with E-state index < -0.39 is 12.5 Å². The SMILES string of the molecule is Cc1ccc(CN(C)C2CCN(C(=O)Cn3cc(NC(=O)c4cnn5cccnc45)c(-c4cc(Cl)ccc4OC(F)F)n3)CC2)c(C)c1. The fourth-order valence-corrected chi connectivity index (χ4v) is 6.24. The highest BCUT2D eigenvalue weighted by Gasteiger charge is 2.27. The van der Waals surface area contributed by atoms with Gasteiger partial charge in [0.1, 0.15) is 23.6 Å². The van der Waals surface area contributed by atoms with Gasteiger partial charge in [0.15, 0.2) is 5.65 Å². The number of hydrogen-bond donors (Lipinski definition) is 1. The molecule has 2 amide bonds. The van der Waals surface area contributed by atoms with Gasteiger partial charge < -0.3 is 15.0 Å². The van der Waals surface area contributed by atoms with Crippen molar-refractivity contribution < 1.29 is 23.1 Å². The lowest BCUT2D eigenvalue weighted by Gasteiger charge is -2.37. The molecule has 48 heavy (non-hydrogen) atoms. The van der Waals surface area contributed by atoms with Gasteiger partial charge in [-0.15, -0.1) is 0 Å². The summed E-state index contributed by atoms with van der Waals surface area (Å²) in [5.41, 5.74) is 4.70. The number of nitrogens with one attached hydrogen (secondary N) is 1. The average molecular weight is 677 g/mol. The third-order valence-electron chi connectivity index (χ3n) is 8.60. The second kappa shape index (κ2) is 14.1. The molecule has 11 nitrogen and oxygen atoms in total. The van der Waals surface area contributed by atoms with Crippen molar-refractivity contribution in [2.75, 3.05) is 25.5 Å². The van der Waals surface area contributed by atoms with Crippen molar-refractivity contribution in [3.05, 3.63) is 94.5 Å². The second-order valence-corrected chi connectivity index (χ2v) is 12.4. The molecule has 0 saturated carbocycles. The number of anilines is 1. The molecule has 0 spiro atoms. The molecule has 5 aromatic rings. The fourth-order valence-electron chi connectivity index (χ4n) is 6.07. The predicted molar refractivity (Wildman–Crippen MR) is 177 cm³/mol. The van der Waals surface area contributed by atoms with Gasteiger partial charge in [-0.1, -0.05) is 35.4 Å². The van der Waals surface area contributed by atoms with Crippen LogP contribution >= 0.6 is 11.6 Å². The van der Waals surface area contributed by atoms with E-state index in [9.17, 15) is 18.4 Å². The molecule has 0 atom stereocenters. The Morgan fingerprint density at radius 3 is 2.69 bits per heavy atom. The van der Waals surface area contributed by atoms with E-state index in [-0.39, 0.29) is 45.7 Å². The lowest BCUT2D eigenvalue weighted by Crippen LogP contribution is -2.46. The van der Waals surface area contributed by atoms with Gasteiger partial charge >= 0.3 is 6.61 Å². The van der Waals surface area contributed by atoms with Crippen LogP contribution < -0.4 is 10.1 Å². The van der Waals surface area contributed by atoms with Crippen LogP contribution in [0.3, 0.4) is 0 Å². The van der Waals surface area contributed by atoms with E-state index in [1.165, 1.54) is 62.7 Å². The molecule has 250 valence electrons. The van der Waals surface area contributed by atoms with Crippen LogP contribution in [0.2, 0.25) is 5.02 Å². The third kappa shape index (κ3) is 7.32. The van der Waals surface area contributed by atoms with Gasteiger partial charge in [-0.25, -0.2) is 9.50 Å². The Morgan fingerprint density at radius 1 is 1.15 bits per heavy atom. The number of rotatable bonds is 10. The molecule has 1 aliphatic heterocycles. The maximum atomic E-state index is 13.5. The van der Waals surface area contributed by atoms with E-state index in [4.69, 9.17) is 16.3 Å². The molecule has 0 radical (unpaired) electrons. The Balaban J connectivity index is 1.20. The molecule has 2 aromatic carbocycles. The molecular weight excluding hydrogens is 642 g/mol. The number of nitrogens with zero attached hydrogens (tertiary/aromatic N) is 7. The zero-order valence-corrected chi connectivity index (χ0v) is 27.5. The molecule has 4 heterocycles. The molecule has 3 aromatic heterocycles. The number of carbonyl (C=O) groups excluding carboxylic acids is 2. The van der Waals surface area contributed by atoms with Crippen LogP contribution in [-0.4, -0.2) is 78.8 Å². The van der Waals surface area contributed by atoms with Gasteiger partial charge in [0.25, 0.3) is 5.91 Å². The number of carbonyl (C=O) groups is 2. The molecular formula is C34H35ClF2N8O3. The van der Waals surface area contributed by atoms with Crippen LogP contribution in [0.25, 0.3) is 16.9 Å². The highest BCUT2D eigenvalue weighted by atomic mass is 35.5. The first-order valence-electron chi connectivity index (χ1n) is 15.5. The van der Waals surface area contributed by atoms with E-state index >= 15 is 0 Å². The van der Waals surface area contributed by atoms with Gasteiger partial charge in [-0.3, -0.25) is 19.2 Å². The van der Waals surface area contributed by atoms with Gasteiger partial charge in [-0.05, 0) is 69.1 Å². The lowest BCUT2D eigenvalue weighted by atomic mass is 10.0. The summed E-state index contributed by atoms with van der Waals surface area (Å²) >= 11 is 6.25. The van der Waals surface area contributed by atoms with Crippen molar-refractivity contribution in [3.63, 3.8) is 0 Å². The number of fused-ring (bicyclic) bond motifs is 1. The fraction of sp³-hybridized carbons (Fsp3) is 0.324. The first-order valence-corrected chi connectivity index (χ1v) is 15.9. The first-order chi connectivity index (χ1) is 23.0. The van der Waals surface area contributed by atoms with Crippen LogP contribution in [0.1, 0.15) is 39.9 Å². The van der Waals surface area contributed by atoms with Gasteiger partial charge in [0, 0.05) is 54.9 Å². The van der Waals surface area contributed by atoms with Gasteiger partial charge in [0.2, 0.25) is 5.91 Å². The molecule has 1 saturated heterocycles. The Kier molecular flexibility index (Phi) is 9.69. The number of amides is 2. The quantitative estimate of drug-likeness (QED) is 0.198. The highest BCUT2D eigenvalue weighted by Crippen LogP contribution is 2.37. The molecule has 6 rings (SSSR count). The molecule has 1 aliphatic rings. The van der Waals surface area contributed by atoms with Gasteiger partial charge in [0.05, 0.1) is 11.9 Å². The minimum atomic E-state index is -3.11. The number of benzene rings is 2. The molecule has 14 heteroatoms. The molecule has 1 fully saturated rings. The number of aromatic nitrogens is 5. The van der Waals surface area contributed by atoms with Crippen LogP contribution in [0.5, 0.6) is 5.75 Å². The molecule has 1 N–H and O–H groups in total. The average Bonchev–Trinajstić information content (AvgIpc) is 3.67. The zero-order chi connectivity index (χ0) is 33.9. The number of ether oxygens (including phenoxy) is 1. The topological polar surface area (TPSA) is 110 Å². The number of alkyl halides is 2. The van der Waals surface area contributed by atoms with Crippen molar-refractivity contribution in [2.45, 2.75) is 52.4 Å². The Bertz CT molecular complexity index is 1950. The number of halogens is 3. The largest absolute Gasteiger partial charge is 0.434 e. The lowest BCUT2D eigenvalue weighted by molar-refractivity contribution is -0.133. The molecule has 0 unspecified atom stereocenters. The van der Waals surface area contributed by atoms with E-state index in [0.29, 0.717) is 24.8 Å². The third-order valence-corrected chi connectivity index (χ3v) is 8.84. The number of hydrogen-bond acceptors (Lipinski definition) is 7. The monoisotopic (exact) mass is 676 g/mol. The number of aryl methyl sites for hydroxylation is 2. The maximum absolute atomic E-state index is 13.5. The van der Waals surface area contributed by atoms with Crippen molar-refractivity contribution >= 4 is 34.7 Å². The van der Waals surface area contributed by atoms with Crippen molar-refractivity contribution in [2.24, 2.45) is 0 Å². The van der Waals surface area contributed by atoms with E-state index in [0.717, 1.165) is 19.4 Å². The van der Waals surface area contributed by atoms with E-state index in [2.05, 4.69) is 64.5 Å². The summed E-state index contributed by atoms with van der Waals surface area (Å²) in [6.45, 7) is 2.98. The Labute approximate surface area is 281 Å². The second-order valence-electron chi connectivity index (χ2n) is 12.0. The van der Waals surface area contributed by atoms with Crippen LogP contribution in [0, 0.1) is 13.8 Å². The first kappa shape index (κ1) is 33.0. The highest BCUT2D eigenvalue weighted by molar-refractivity contribution is 6.31. The summed E-state index contributed by atoms with van der Waals surface area (Å²) in [7, 11) is 2.12. The minimum Gasteiger partial charge on any atom is -0.434 e. The van der Waals surface area contributed by atoms with Crippen molar-refractivity contribution in [1.29, 1.82) is 0 Å². The summed E-state index contributed by atoms with van der Waals surface area (Å²) in [6.07, 6.45) is 7.70. The maximum Gasteiger partial charge on any atom is 0.387 e. The summed E-state index contributed by atoms with van der Waals surface area (Å²) in [6, 6.07) is 12.6.